The number of hydrogen-bond donors (Lipinski definition) is 1. The van der Waals surface area contributed by atoms with E-state index in [1.54, 1.807) is 14.2 Å². The highest BCUT2D eigenvalue weighted by atomic mass is 35.5. The van der Waals surface area contributed by atoms with Crippen molar-refractivity contribution in [2.24, 2.45) is 11.7 Å². The van der Waals surface area contributed by atoms with Crippen LogP contribution in [0.4, 0.5) is 0 Å². The predicted molar refractivity (Wildman–Crippen MR) is 75.0 cm³/mol. The van der Waals surface area contributed by atoms with Gasteiger partial charge >= 0.3 is 0 Å². The molecule has 0 spiro atoms. The minimum absolute atomic E-state index is 0.153. The molecule has 2 rings (SSSR count). The Balaban J connectivity index is 2.36. The smallest absolute Gasteiger partial charge is 0.146 e. The van der Waals surface area contributed by atoms with E-state index in [0.29, 0.717) is 16.5 Å². The van der Waals surface area contributed by atoms with E-state index in [0.717, 1.165) is 18.6 Å². The van der Waals surface area contributed by atoms with E-state index in [1.807, 2.05) is 12.1 Å². The van der Waals surface area contributed by atoms with Crippen molar-refractivity contribution in [1.82, 2.24) is 0 Å². The third-order valence-electron chi connectivity index (χ3n) is 3.77. The Bertz CT molecular complexity index is 453. The maximum absolute atomic E-state index is 6.37. The van der Waals surface area contributed by atoms with Crippen LogP contribution < -0.4 is 15.2 Å². The molecular formula is C14H20ClNO3. The quantitative estimate of drug-likeness (QED) is 0.924. The minimum Gasteiger partial charge on any atom is -0.495 e. The normalized spacial score (nSPS) is 24.3. The molecule has 5 heteroatoms. The number of hydrogen-bond acceptors (Lipinski definition) is 4. The summed E-state index contributed by atoms with van der Waals surface area (Å²) in [5, 5.41) is 0.463. The monoisotopic (exact) mass is 285 g/mol. The van der Waals surface area contributed by atoms with Gasteiger partial charge in [0.25, 0.3) is 0 Å². The zero-order valence-corrected chi connectivity index (χ0v) is 12.2. The van der Waals surface area contributed by atoms with Crippen LogP contribution in [0.5, 0.6) is 11.5 Å². The van der Waals surface area contributed by atoms with Crippen molar-refractivity contribution in [1.29, 1.82) is 0 Å². The topological polar surface area (TPSA) is 53.7 Å². The van der Waals surface area contributed by atoms with E-state index in [1.165, 1.54) is 0 Å². The van der Waals surface area contributed by atoms with Crippen LogP contribution in [0.3, 0.4) is 0 Å². The molecule has 19 heavy (non-hydrogen) atoms. The molecular weight excluding hydrogens is 266 g/mol. The van der Waals surface area contributed by atoms with E-state index in [4.69, 9.17) is 31.5 Å². The Labute approximate surface area is 118 Å². The van der Waals surface area contributed by atoms with Gasteiger partial charge in [-0.25, -0.2) is 0 Å². The van der Waals surface area contributed by atoms with E-state index in [2.05, 4.69) is 6.92 Å². The molecule has 1 fully saturated rings. The van der Waals surface area contributed by atoms with Gasteiger partial charge in [-0.1, -0.05) is 11.6 Å². The van der Waals surface area contributed by atoms with Gasteiger partial charge in [0.1, 0.15) is 16.5 Å². The Kier molecular flexibility index (Phi) is 4.55. The average molecular weight is 286 g/mol. The molecule has 1 aromatic rings. The summed E-state index contributed by atoms with van der Waals surface area (Å²) in [4.78, 5) is 0. The number of methoxy groups -OCH3 is 2. The summed E-state index contributed by atoms with van der Waals surface area (Å²) in [6.45, 7) is 2.81. The average Bonchev–Trinajstić information content (AvgIpc) is 2.83. The molecule has 2 N–H and O–H groups in total. The van der Waals surface area contributed by atoms with Gasteiger partial charge in [0.2, 0.25) is 0 Å². The summed E-state index contributed by atoms with van der Waals surface area (Å²) in [5.74, 6) is 1.45. The van der Waals surface area contributed by atoms with Crippen molar-refractivity contribution in [2.75, 3.05) is 20.8 Å². The van der Waals surface area contributed by atoms with Gasteiger partial charge in [-0.15, -0.1) is 0 Å². The summed E-state index contributed by atoms with van der Waals surface area (Å²) in [5.41, 5.74) is 7.27. The lowest BCUT2D eigenvalue weighted by molar-refractivity contribution is 0.0992. The lowest BCUT2D eigenvalue weighted by Crippen LogP contribution is -2.27. The zero-order chi connectivity index (χ0) is 14.0. The molecule has 1 aliphatic heterocycles. The second-order valence-corrected chi connectivity index (χ2v) is 5.14. The van der Waals surface area contributed by atoms with Crippen LogP contribution in [0.2, 0.25) is 5.02 Å². The summed E-state index contributed by atoms with van der Waals surface area (Å²) in [7, 11) is 3.17. The lowest BCUT2D eigenvalue weighted by Gasteiger charge is -2.24. The second-order valence-electron chi connectivity index (χ2n) is 4.76. The van der Waals surface area contributed by atoms with Crippen LogP contribution in [-0.2, 0) is 4.74 Å². The minimum atomic E-state index is -0.157. The van der Waals surface area contributed by atoms with E-state index in [-0.39, 0.29) is 18.1 Å². The third-order valence-corrected chi connectivity index (χ3v) is 4.13. The number of rotatable bonds is 4. The van der Waals surface area contributed by atoms with Crippen molar-refractivity contribution in [3.05, 3.63) is 22.7 Å². The first kappa shape index (κ1) is 14.4. The Morgan fingerprint density at radius 3 is 2.63 bits per heavy atom. The predicted octanol–water partition coefficient (Wildman–Crippen LogP) is 2.78. The van der Waals surface area contributed by atoms with Crippen LogP contribution in [-0.4, -0.2) is 26.9 Å². The van der Waals surface area contributed by atoms with Gasteiger partial charge in [-0.05, 0) is 25.5 Å². The van der Waals surface area contributed by atoms with Gasteiger partial charge in [-0.2, -0.15) is 0 Å². The molecule has 0 bridgehead atoms. The van der Waals surface area contributed by atoms with Crippen molar-refractivity contribution < 1.29 is 14.2 Å². The third kappa shape index (κ3) is 2.66. The largest absolute Gasteiger partial charge is 0.495 e. The SMILES string of the molecule is COc1ccc(C(N)C2CCOC2C)c(OC)c1Cl. The zero-order valence-electron chi connectivity index (χ0n) is 11.5. The van der Waals surface area contributed by atoms with Crippen LogP contribution in [0.1, 0.15) is 24.9 Å². The second kappa shape index (κ2) is 5.99. The summed E-state index contributed by atoms with van der Waals surface area (Å²) in [6.07, 6.45) is 1.11. The van der Waals surface area contributed by atoms with Gasteiger partial charge in [-0.3, -0.25) is 0 Å². The molecule has 0 saturated carbocycles. The molecule has 0 aliphatic carbocycles. The van der Waals surface area contributed by atoms with Gasteiger partial charge in [0.15, 0.2) is 0 Å². The van der Waals surface area contributed by atoms with Gasteiger partial charge < -0.3 is 19.9 Å². The highest BCUT2D eigenvalue weighted by Crippen LogP contribution is 2.42. The molecule has 1 heterocycles. The molecule has 1 aromatic carbocycles. The molecule has 106 valence electrons. The molecule has 0 aromatic heterocycles. The molecule has 0 amide bonds. The number of ether oxygens (including phenoxy) is 3. The summed E-state index contributed by atoms with van der Waals surface area (Å²) < 4.78 is 16.2. The first-order chi connectivity index (χ1) is 9.10. The number of halogens is 1. The number of nitrogens with two attached hydrogens (primary N) is 1. The van der Waals surface area contributed by atoms with Crippen molar-refractivity contribution >= 4 is 11.6 Å². The maximum Gasteiger partial charge on any atom is 0.146 e. The Hall–Kier alpha value is -0.970. The summed E-state index contributed by atoms with van der Waals surface area (Å²) in [6, 6.07) is 3.58. The van der Waals surface area contributed by atoms with Crippen molar-refractivity contribution in [3.63, 3.8) is 0 Å². The van der Waals surface area contributed by atoms with Crippen LogP contribution in [0, 0.1) is 5.92 Å². The van der Waals surface area contributed by atoms with E-state index < -0.39 is 0 Å². The molecule has 3 atom stereocenters. The maximum atomic E-state index is 6.37. The lowest BCUT2D eigenvalue weighted by atomic mass is 9.88. The van der Waals surface area contributed by atoms with Crippen LogP contribution in [0.25, 0.3) is 0 Å². The first-order valence-electron chi connectivity index (χ1n) is 6.37. The Morgan fingerprint density at radius 1 is 1.37 bits per heavy atom. The molecule has 3 unspecified atom stereocenters. The van der Waals surface area contributed by atoms with Crippen molar-refractivity contribution in [3.8, 4) is 11.5 Å². The van der Waals surface area contributed by atoms with E-state index >= 15 is 0 Å². The molecule has 0 radical (unpaired) electrons. The van der Waals surface area contributed by atoms with Crippen LogP contribution in [0.15, 0.2) is 12.1 Å². The highest BCUT2D eigenvalue weighted by Gasteiger charge is 2.32. The van der Waals surface area contributed by atoms with Gasteiger partial charge in [0.05, 0.1) is 20.3 Å². The van der Waals surface area contributed by atoms with Gasteiger partial charge in [0, 0.05) is 24.1 Å². The van der Waals surface area contributed by atoms with Crippen molar-refractivity contribution in [2.45, 2.75) is 25.5 Å². The number of benzene rings is 1. The Morgan fingerprint density at radius 2 is 2.11 bits per heavy atom. The molecule has 1 aliphatic rings. The van der Waals surface area contributed by atoms with Crippen LogP contribution >= 0.6 is 11.6 Å². The first-order valence-corrected chi connectivity index (χ1v) is 6.75. The standard InChI is InChI=1S/C14H20ClNO3/c1-8-9(6-7-19-8)13(16)10-4-5-11(17-2)12(15)14(10)18-3/h4-5,8-9,13H,6-7,16H2,1-3H3. The fourth-order valence-electron chi connectivity index (χ4n) is 2.63. The molecule has 4 nitrogen and oxygen atoms in total. The molecule has 1 saturated heterocycles. The summed E-state index contributed by atoms with van der Waals surface area (Å²) >= 11 is 6.26. The fraction of sp³-hybridized carbons (Fsp3) is 0.571. The fourth-order valence-corrected chi connectivity index (χ4v) is 2.96. The van der Waals surface area contributed by atoms with E-state index in [9.17, 15) is 0 Å². The highest BCUT2D eigenvalue weighted by molar-refractivity contribution is 6.33.